The van der Waals surface area contributed by atoms with Crippen LogP contribution < -0.4 is 0 Å². The van der Waals surface area contributed by atoms with Crippen LogP contribution in [0.3, 0.4) is 0 Å². The molecular formula is C13H25NS. The highest BCUT2D eigenvalue weighted by molar-refractivity contribution is 7.81. The molecule has 15 heavy (non-hydrogen) atoms. The Hall–Kier alpha value is -0.370. The van der Waals surface area contributed by atoms with Crippen molar-refractivity contribution in [2.45, 2.75) is 58.2 Å². The third-order valence-corrected chi connectivity index (χ3v) is 2.32. The topological polar surface area (TPSA) is 3.24 Å². The van der Waals surface area contributed by atoms with Gasteiger partial charge in [-0.1, -0.05) is 26.0 Å². The maximum atomic E-state index is 4.59. The van der Waals surface area contributed by atoms with Crippen LogP contribution in [-0.2, 0) is 0 Å². The largest absolute Gasteiger partial charge is 0.349 e. The molecule has 0 amide bonds. The van der Waals surface area contributed by atoms with E-state index >= 15 is 0 Å². The molecule has 0 atom stereocenters. The molecule has 2 heteroatoms. The molecule has 0 bridgehead atoms. The van der Waals surface area contributed by atoms with Gasteiger partial charge >= 0.3 is 0 Å². The number of hydrogen-bond donors (Lipinski definition) is 1. The Morgan fingerprint density at radius 2 is 1.73 bits per heavy atom. The zero-order valence-electron chi connectivity index (χ0n) is 11.0. The van der Waals surface area contributed by atoms with Crippen LogP contribution in [0.4, 0.5) is 0 Å². The van der Waals surface area contributed by atoms with Crippen LogP contribution in [0.5, 0.6) is 0 Å². The minimum Gasteiger partial charge on any atom is -0.349 e. The summed E-state index contributed by atoms with van der Waals surface area (Å²) in [5, 5.41) is 0. The van der Waals surface area contributed by atoms with Crippen molar-refractivity contribution >= 4 is 12.6 Å². The van der Waals surface area contributed by atoms with Crippen LogP contribution in [0.25, 0.3) is 0 Å². The zero-order valence-corrected chi connectivity index (χ0v) is 11.9. The Kier molecular flexibility index (Phi) is 4.98. The van der Waals surface area contributed by atoms with Gasteiger partial charge in [-0.15, -0.1) is 0 Å². The van der Waals surface area contributed by atoms with Crippen molar-refractivity contribution in [3.05, 3.63) is 24.6 Å². The van der Waals surface area contributed by atoms with Crippen LogP contribution in [0.1, 0.15) is 48.0 Å². The molecule has 88 valence electrons. The molecule has 0 aliphatic carbocycles. The smallest absolute Gasteiger partial charge is 0.0396 e. The van der Waals surface area contributed by atoms with E-state index in [1.807, 2.05) is 6.20 Å². The molecule has 0 aromatic heterocycles. The molecular weight excluding hydrogens is 202 g/mol. The van der Waals surface area contributed by atoms with E-state index in [-0.39, 0.29) is 10.3 Å². The average molecular weight is 227 g/mol. The Bertz CT molecular complexity index is 242. The quantitative estimate of drug-likeness (QED) is 0.688. The molecule has 0 saturated carbocycles. The molecule has 0 spiro atoms. The summed E-state index contributed by atoms with van der Waals surface area (Å²) in [4.78, 5) is 2.17. The highest BCUT2D eigenvalue weighted by Crippen LogP contribution is 2.30. The van der Waals surface area contributed by atoms with E-state index in [1.54, 1.807) is 0 Å². The van der Waals surface area contributed by atoms with Crippen LogP contribution in [0.15, 0.2) is 24.6 Å². The predicted molar refractivity (Wildman–Crippen MR) is 73.2 cm³/mol. The van der Waals surface area contributed by atoms with E-state index < -0.39 is 0 Å². The molecule has 0 aromatic carbocycles. The minimum atomic E-state index is 0.0280. The molecule has 0 aliphatic rings. The second-order valence-corrected chi connectivity index (χ2v) is 6.81. The number of allylic oxidation sites excluding steroid dienone is 1. The zero-order chi connectivity index (χ0) is 12.3. The molecule has 0 radical (unpaired) electrons. The summed E-state index contributed by atoms with van der Waals surface area (Å²) in [6.07, 6.45) is 5.01. The summed E-state index contributed by atoms with van der Waals surface area (Å²) in [6, 6.07) is 0. The number of nitrogens with zero attached hydrogens (tertiary/aromatic N) is 1. The maximum absolute atomic E-state index is 4.59. The van der Waals surface area contributed by atoms with Crippen molar-refractivity contribution in [3.63, 3.8) is 0 Å². The van der Waals surface area contributed by atoms with Gasteiger partial charge in [0, 0.05) is 16.5 Å². The van der Waals surface area contributed by atoms with Crippen LogP contribution in [0, 0.1) is 0 Å². The van der Waals surface area contributed by atoms with Gasteiger partial charge in [0.1, 0.15) is 0 Å². The lowest BCUT2D eigenvalue weighted by Crippen LogP contribution is -2.41. The number of rotatable bonds is 5. The molecule has 1 nitrogen and oxygen atoms in total. The van der Waals surface area contributed by atoms with Gasteiger partial charge in [0.2, 0.25) is 0 Å². The SMILES string of the molecule is C=CN(C=C(C)C)C(C)(C)CC(C)(C)S. The van der Waals surface area contributed by atoms with E-state index in [2.05, 4.69) is 71.9 Å². The summed E-state index contributed by atoms with van der Waals surface area (Å²) >= 11 is 4.59. The second kappa shape index (κ2) is 5.11. The number of thiol groups is 1. The first-order chi connectivity index (χ1) is 6.58. The highest BCUT2D eigenvalue weighted by atomic mass is 32.1. The third-order valence-electron chi connectivity index (χ3n) is 2.16. The van der Waals surface area contributed by atoms with Gasteiger partial charge in [-0.25, -0.2) is 0 Å². The molecule has 0 aliphatic heterocycles. The second-order valence-electron chi connectivity index (χ2n) is 5.60. The van der Waals surface area contributed by atoms with Crippen LogP contribution >= 0.6 is 12.6 Å². The van der Waals surface area contributed by atoms with E-state index in [0.29, 0.717) is 0 Å². The van der Waals surface area contributed by atoms with Crippen molar-refractivity contribution in [2.24, 2.45) is 0 Å². The Morgan fingerprint density at radius 3 is 2.00 bits per heavy atom. The van der Waals surface area contributed by atoms with Gasteiger partial charge in [0.15, 0.2) is 0 Å². The van der Waals surface area contributed by atoms with Gasteiger partial charge in [-0.05, 0) is 40.3 Å². The molecule has 0 aromatic rings. The molecule has 0 heterocycles. The first-order valence-electron chi connectivity index (χ1n) is 5.37. The lowest BCUT2D eigenvalue weighted by atomic mass is 9.90. The van der Waals surface area contributed by atoms with Crippen molar-refractivity contribution < 1.29 is 0 Å². The average Bonchev–Trinajstić information content (AvgIpc) is 1.94. The van der Waals surface area contributed by atoms with Gasteiger partial charge in [0.25, 0.3) is 0 Å². The highest BCUT2D eigenvalue weighted by Gasteiger charge is 2.29. The standard InChI is InChI=1S/C13H25NS/c1-8-14(9-11(2)3)12(4,5)10-13(6,7)15/h8-9,15H,1,10H2,2-7H3. The van der Waals surface area contributed by atoms with E-state index in [1.165, 1.54) is 5.57 Å². The first-order valence-corrected chi connectivity index (χ1v) is 5.81. The van der Waals surface area contributed by atoms with Gasteiger partial charge in [-0.2, -0.15) is 12.6 Å². The monoisotopic (exact) mass is 227 g/mol. The van der Waals surface area contributed by atoms with E-state index in [0.717, 1.165) is 6.42 Å². The van der Waals surface area contributed by atoms with Gasteiger partial charge < -0.3 is 4.90 Å². The van der Waals surface area contributed by atoms with Crippen molar-refractivity contribution in [1.82, 2.24) is 4.90 Å². The van der Waals surface area contributed by atoms with Crippen molar-refractivity contribution in [2.75, 3.05) is 0 Å². The number of hydrogen-bond acceptors (Lipinski definition) is 2. The van der Waals surface area contributed by atoms with Crippen molar-refractivity contribution in [3.8, 4) is 0 Å². The molecule has 0 rings (SSSR count). The predicted octanol–water partition coefficient (Wildman–Crippen LogP) is 4.23. The van der Waals surface area contributed by atoms with Crippen LogP contribution in [-0.4, -0.2) is 15.2 Å². The Morgan fingerprint density at radius 1 is 1.27 bits per heavy atom. The molecule has 0 saturated heterocycles. The van der Waals surface area contributed by atoms with E-state index in [4.69, 9.17) is 0 Å². The summed E-state index contributed by atoms with van der Waals surface area (Å²) in [6.45, 7) is 16.8. The minimum absolute atomic E-state index is 0.0280. The Balaban J connectivity index is 4.82. The summed E-state index contributed by atoms with van der Waals surface area (Å²) in [5.41, 5.74) is 1.32. The summed E-state index contributed by atoms with van der Waals surface area (Å²) in [5.74, 6) is 0. The van der Waals surface area contributed by atoms with Crippen molar-refractivity contribution in [1.29, 1.82) is 0 Å². The molecule has 0 fully saturated rings. The Labute approximate surface area is 101 Å². The molecule has 0 N–H and O–H groups in total. The fraction of sp³-hybridized carbons (Fsp3) is 0.692. The van der Waals surface area contributed by atoms with Gasteiger partial charge in [-0.3, -0.25) is 0 Å². The third kappa shape index (κ3) is 5.93. The van der Waals surface area contributed by atoms with Gasteiger partial charge in [0.05, 0.1) is 0 Å². The lowest BCUT2D eigenvalue weighted by Gasteiger charge is -2.39. The fourth-order valence-electron chi connectivity index (χ4n) is 1.90. The molecule has 0 unspecified atom stereocenters. The van der Waals surface area contributed by atoms with E-state index in [9.17, 15) is 0 Å². The summed E-state index contributed by atoms with van der Waals surface area (Å²) < 4.78 is 0.0280. The fourth-order valence-corrected chi connectivity index (χ4v) is 2.29. The lowest BCUT2D eigenvalue weighted by molar-refractivity contribution is 0.219. The first kappa shape index (κ1) is 14.6. The van der Waals surface area contributed by atoms with Crippen LogP contribution in [0.2, 0.25) is 0 Å². The summed E-state index contributed by atoms with van der Waals surface area (Å²) in [7, 11) is 0. The maximum Gasteiger partial charge on any atom is 0.0396 e. The normalized spacial score (nSPS) is 12.2.